The summed E-state index contributed by atoms with van der Waals surface area (Å²) in [4.78, 5) is 7.13. The SMILES string of the molecule is Cc1cnc2c(c1)NCCC1(CCCCC1)N2C. The van der Waals surface area contributed by atoms with Crippen LogP contribution in [0, 0.1) is 6.92 Å². The van der Waals surface area contributed by atoms with Gasteiger partial charge in [0.2, 0.25) is 0 Å². The van der Waals surface area contributed by atoms with Gasteiger partial charge in [-0.25, -0.2) is 4.98 Å². The summed E-state index contributed by atoms with van der Waals surface area (Å²) in [6.45, 7) is 3.18. The number of nitrogens with zero attached hydrogens (tertiary/aromatic N) is 2. The van der Waals surface area contributed by atoms with Crippen LogP contribution >= 0.6 is 0 Å². The van der Waals surface area contributed by atoms with Crippen LogP contribution in [-0.4, -0.2) is 24.1 Å². The van der Waals surface area contributed by atoms with Gasteiger partial charge < -0.3 is 10.2 Å². The number of rotatable bonds is 0. The Morgan fingerprint density at radius 3 is 2.78 bits per heavy atom. The van der Waals surface area contributed by atoms with Crippen molar-refractivity contribution in [1.29, 1.82) is 0 Å². The Balaban J connectivity index is 1.99. The monoisotopic (exact) mass is 245 g/mol. The molecule has 0 unspecified atom stereocenters. The highest BCUT2D eigenvalue weighted by Gasteiger charge is 2.38. The van der Waals surface area contributed by atoms with E-state index in [2.05, 4.69) is 35.2 Å². The van der Waals surface area contributed by atoms with Crippen LogP contribution in [0.4, 0.5) is 11.5 Å². The summed E-state index contributed by atoms with van der Waals surface area (Å²) in [5.74, 6) is 1.14. The first-order valence-electron chi connectivity index (χ1n) is 7.16. The lowest BCUT2D eigenvalue weighted by Gasteiger charge is -2.44. The number of anilines is 2. The maximum absolute atomic E-state index is 4.67. The Kier molecular flexibility index (Phi) is 2.92. The van der Waals surface area contributed by atoms with Crippen LogP contribution in [0.2, 0.25) is 0 Å². The second-order valence-corrected chi connectivity index (χ2v) is 5.90. The molecule has 98 valence electrons. The fraction of sp³-hybridized carbons (Fsp3) is 0.667. The third-order valence-corrected chi connectivity index (χ3v) is 4.72. The zero-order valence-corrected chi connectivity index (χ0v) is 11.5. The lowest BCUT2D eigenvalue weighted by atomic mass is 9.78. The number of fused-ring (bicyclic) bond motifs is 1. The van der Waals surface area contributed by atoms with Gasteiger partial charge in [-0.2, -0.15) is 0 Å². The summed E-state index contributed by atoms with van der Waals surface area (Å²) < 4.78 is 0. The maximum atomic E-state index is 4.67. The minimum absolute atomic E-state index is 0.346. The first-order chi connectivity index (χ1) is 8.71. The Morgan fingerprint density at radius 1 is 1.22 bits per heavy atom. The Labute approximate surface area is 110 Å². The minimum Gasteiger partial charge on any atom is -0.382 e. The Bertz CT molecular complexity index is 435. The molecule has 1 saturated carbocycles. The summed E-state index contributed by atoms with van der Waals surface area (Å²) in [5, 5.41) is 3.56. The molecule has 2 heterocycles. The third-order valence-electron chi connectivity index (χ3n) is 4.72. The highest BCUT2D eigenvalue weighted by molar-refractivity contribution is 5.68. The van der Waals surface area contributed by atoms with Crippen molar-refractivity contribution in [2.75, 3.05) is 23.8 Å². The predicted molar refractivity (Wildman–Crippen MR) is 76.3 cm³/mol. The molecular formula is C15H23N3. The third kappa shape index (κ3) is 1.86. The molecule has 1 N–H and O–H groups in total. The van der Waals surface area contributed by atoms with Gasteiger partial charge in [0.1, 0.15) is 0 Å². The maximum Gasteiger partial charge on any atom is 0.152 e. The number of aromatic nitrogens is 1. The van der Waals surface area contributed by atoms with E-state index in [1.807, 2.05) is 6.20 Å². The molecule has 0 aromatic carbocycles. The topological polar surface area (TPSA) is 28.2 Å². The van der Waals surface area contributed by atoms with Gasteiger partial charge in [-0.15, -0.1) is 0 Å². The molecule has 3 rings (SSSR count). The van der Waals surface area contributed by atoms with E-state index in [1.165, 1.54) is 49.8 Å². The molecule has 1 fully saturated rings. The molecule has 3 heteroatoms. The number of aryl methyl sites for hydroxylation is 1. The highest BCUT2D eigenvalue weighted by atomic mass is 15.3. The molecule has 0 amide bonds. The molecule has 0 atom stereocenters. The summed E-state index contributed by atoms with van der Waals surface area (Å²) in [7, 11) is 2.24. The zero-order valence-electron chi connectivity index (χ0n) is 11.5. The minimum atomic E-state index is 0.346. The predicted octanol–water partition coefficient (Wildman–Crippen LogP) is 3.34. The van der Waals surface area contributed by atoms with Crippen molar-refractivity contribution in [3.63, 3.8) is 0 Å². The molecule has 1 aliphatic carbocycles. The molecule has 0 bridgehead atoms. The van der Waals surface area contributed by atoms with Crippen LogP contribution in [0.1, 0.15) is 44.1 Å². The summed E-state index contributed by atoms with van der Waals surface area (Å²) in [5.41, 5.74) is 2.79. The molecule has 18 heavy (non-hydrogen) atoms. The van der Waals surface area contributed by atoms with Crippen molar-refractivity contribution in [2.45, 2.75) is 51.0 Å². The van der Waals surface area contributed by atoms with E-state index >= 15 is 0 Å². The van der Waals surface area contributed by atoms with Crippen molar-refractivity contribution in [1.82, 2.24) is 4.98 Å². The number of hydrogen-bond donors (Lipinski definition) is 1. The van der Waals surface area contributed by atoms with E-state index in [1.54, 1.807) is 0 Å². The highest BCUT2D eigenvalue weighted by Crippen LogP contribution is 2.41. The van der Waals surface area contributed by atoms with Crippen molar-refractivity contribution >= 4 is 11.5 Å². The lowest BCUT2D eigenvalue weighted by molar-refractivity contribution is 0.273. The number of hydrogen-bond acceptors (Lipinski definition) is 3. The van der Waals surface area contributed by atoms with Crippen molar-refractivity contribution in [3.8, 4) is 0 Å². The zero-order chi connectivity index (χ0) is 12.6. The molecule has 1 aromatic rings. The van der Waals surface area contributed by atoms with Crippen LogP contribution in [0.15, 0.2) is 12.3 Å². The fourth-order valence-electron chi connectivity index (χ4n) is 3.58. The van der Waals surface area contributed by atoms with Crippen molar-refractivity contribution < 1.29 is 0 Å². The van der Waals surface area contributed by atoms with Crippen LogP contribution in [0.5, 0.6) is 0 Å². The quantitative estimate of drug-likeness (QED) is 0.760. The molecule has 1 aromatic heterocycles. The Hall–Kier alpha value is -1.25. The molecule has 0 saturated heterocycles. The fourth-order valence-corrected chi connectivity index (χ4v) is 3.58. The van der Waals surface area contributed by atoms with E-state index in [9.17, 15) is 0 Å². The molecule has 2 aliphatic rings. The van der Waals surface area contributed by atoms with Crippen molar-refractivity contribution in [2.24, 2.45) is 0 Å². The smallest absolute Gasteiger partial charge is 0.152 e. The van der Waals surface area contributed by atoms with Crippen molar-refractivity contribution in [3.05, 3.63) is 17.8 Å². The average molecular weight is 245 g/mol. The second kappa shape index (κ2) is 4.45. The van der Waals surface area contributed by atoms with Gasteiger partial charge in [0, 0.05) is 25.3 Å². The molecule has 0 radical (unpaired) electrons. The number of nitrogens with one attached hydrogen (secondary N) is 1. The molecule has 1 spiro atoms. The van der Waals surface area contributed by atoms with Gasteiger partial charge in [0.15, 0.2) is 5.82 Å². The summed E-state index contributed by atoms with van der Waals surface area (Å²) in [6.07, 6.45) is 9.99. The molecule has 1 aliphatic heterocycles. The van der Waals surface area contributed by atoms with E-state index in [4.69, 9.17) is 0 Å². The van der Waals surface area contributed by atoms with Crippen LogP contribution in [0.25, 0.3) is 0 Å². The Morgan fingerprint density at radius 2 is 2.00 bits per heavy atom. The lowest BCUT2D eigenvalue weighted by Crippen LogP contribution is -2.48. The van der Waals surface area contributed by atoms with E-state index < -0.39 is 0 Å². The summed E-state index contributed by atoms with van der Waals surface area (Å²) >= 11 is 0. The second-order valence-electron chi connectivity index (χ2n) is 5.90. The van der Waals surface area contributed by atoms with Crippen LogP contribution in [0.3, 0.4) is 0 Å². The standard InChI is InChI=1S/C15H23N3/c1-12-10-13-14(17-11-12)18(2)15(8-9-16-13)6-4-3-5-7-15/h10-11,16H,3-9H2,1-2H3. The van der Waals surface area contributed by atoms with E-state index in [0.29, 0.717) is 5.54 Å². The van der Waals surface area contributed by atoms with E-state index in [-0.39, 0.29) is 0 Å². The van der Waals surface area contributed by atoms with Gasteiger partial charge in [0.25, 0.3) is 0 Å². The van der Waals surface area contributed by atoms with Gasteiger partial charge in [-0.3, -0.25) is 0 Å². The summed E-state index contributed by atoms with van der Waals surface area (Å²) in [6, 6.07) is 2.22. The van der Waals surface area contributed by atoms with E-state index in [0.717, 1.165) is 12.4 Å². The van der Waals surface area contributed by atoms with Crippen LogP contribution in [-0.2, 0) is 0 Å². The normalized spacial score (nSPS) is 22.2. The largest absolute Gasteiger partial charge is 0.382 e. The average Bonchev–Trinajstić information content (AvgIpc) is 2.50. The van der Waals surface area contributed by atoms with Crippen LogP contribution < -0.4 is 10.2 Å². The number of pyridine rings is 1. The molecular weight excluding hydrogens is 222 g/mol. The molecule has 3 nitrogen and oxygen atoms in total. The first-order valence-corrected chi connectivity index (χ1v) is 7.16. The van der Waals surface area contributed by atoms with Gasteiger partial charge in [0.05, 0.1) is 5.69 Å². The van der Waals surface area contributed by atoms with Gasteiger partial charge in [-0.1, -0.05) is 19.3 Å². The first kappa shape index (κ1) is 11.8. The van der Waals surface area contributed by atoms with Gasteiger partial charge in [-0.05, 0) is 37.8 Å². The van der Waals surface area contributed by atoms with Gasteiger partial charge >= 0.3 is 0 Å².